The molecule has 0 saturated carbocycles. The van der Waals surface area contributed by atoms with Crippen LogP contribution in [0.1, 0.15) is 12.5 Å². The number of hydrogen-bond donors (Lipinski definition) is 3. The molecule has 0 heterocycles. The van der Waals surface area contributed by atoms with Crippen LogP contribution >= 0.6 is 0 Å². The lowest BCUT2D eigenvalue weighted by atomic mass is 10.1. The first-order valence-corrected chi connectivity index (χ1v) is 5.38. The first-order valence-electron chi connectivity index (χ1n) is 5.38. The monoisotopic (exact) mass is 259 g/mol. The van der Waals surface area contributed by atoms with Gasteiger partial charge in [-0.25, -0.2) is 8.78 Å². The Morgan fingerprint density at radius 3 is 2.44 bits per heavy atom. The summed E-state index contributed by atoms with van der Waals surface area (Å²) in [6, 6.07) is 3.34. The second-order valence-corrected chi connectivity index (χ2v) is 4.31. The molecule has 18 heavy (non-hydrogen) atoms. The summed E-state index contributed by atoms with van der Waals surface area (Å²) in [5, 5.41) is 20.5. The highest BCUT2D eigenvalue weighted by Gasteiger charge is 2.20. The van der Waals surface area contributed by atoms with Crippen molar-refractivity contribution in [2.75, 3.05) is 13.2 Å². The maximum atomic E-state index is 13.2. The molecule has 100 valence electrons. The second kappa shape index (κ2) is 5.88. The average Bonchev–Trinajstić information content (AvgIpc) is 2.32. The van der Waals surface area contributed by atoms with Crippen LogP contribution in [0.25, 0.3) is 0 Å². The van der Waals surface area contributed by atoms with E-state index in [4.69, 9.17) is 5.11 Å². The molecule has 1 aromatic rings. The number of aliphatic hydroxyl groups excluding tert-OH is 1. The second-order valence-electron chi connectivity index (χ2n) is 4.31. The van der Waals surface area contributed by atoms with Gasteiger partial charge in [0.15, 0.2) is 0 Å². The Balaban J connectivity index is 2.61. The van der Waals surface area contributed by atoms with E-state index in [-0.39, 0.29) is 12.1 Å². The van der Waals surface area contributed by atoms with E-state index < -0.39 is 36.2 Å². The van der Waals surface area contributed by atoms with Crippen LogP contribution in [-0.4, -0.2) is 34.9 Å². The normalized spacial score (nSPS) is 14.1. The fourth-order valence-electron chi connectivity index (χ4n) is 1.27. The zero-order valence-electron chi connectivity index (χ0n) is 9.91. The van der Waals surface area contributed by atoms with Gasteiger partial charge in [-0.3, -0.25) is 4.79 Å². The van der Waals surface area contributed by atoms with Crippen molar-refractivity contribution < 1.29 is 23.8 Å². The maximum absolute atomic E-state index is 13.2. The van der Waals surface area contributed by atoms with Crippen LogP contribution in [-0.2, 0) is 11.2 Å². The molecular weight excluding hydrogens is 244 g/mol. The minimum Gasteiger partial charge on any atom is -0.393 e. The smallest absolute Gasteiger partial charge is 0.224 e. The number of halogens is 2. The lowest BCUT2D eigenvalue weighted by Gasteiger charge is -2.20. The Labute approximate surface area is 103 Å². The molecule has 0 radical (unpaired) electrons. The van der Waals surface area contributed by atoms with Crippen LogP contribution in [0.4, 0.5) is 8.78 Å². The summed E-state index contributed by atoms with van der Waals surface area (Å²) in [6.45, 7) is 0.608. The van der Waals surface area contributed by atoms with Crippen molar-refractivity contribution >= 4 is 5.91 Å². The highest BCUT2D eigenvalue weighted by Crippen LogP contribution is 2.12. The lowest BCUT2D eigenvalue weighted by Crippen LogP contribution is -2.43. The predicted octanol–water partition coefficient (Wildman–Crippen LogP) is 0.367. The van der Waals surface area contributed by atoms with Gasteiger partial charge in [0.2, 0.25) is 5.91 Å². The number of hydrogen-bond acceptors (Lipinski definition) is 3. The summed E-state index contributed by atoms with van der Waals surface area (Å²) in [5.41, 5.74) is -1.78. The largest absolute Gasteiger partial charge is 0.393 e. The highest BCUT2D eigenvalue weighted by molar-refractivity contribution is 5.78. The molecule has 1 unspecified atom stereocenters. The Morgan fingerprint density at radius 2 is 1.94 bits per heavy atom. The standard InChI is InChI=1S/C12H15F2NO3/c1-12(18,7-16)6-15-11(17)5-8-9(13)3-2-4-10(8)14/h2-4,16,18H,5-7H2,1H3,(H,15,17). The summed E-state index contributed by atoms with van der Waals surface area (Å²) in [6.07, 6.45) is -0.458. The number of carbonyl (C=O) groups is 1. The molecule has 0 fully saturated rings. The molecule has 0 spiro atoms. The van der Waals surface area contributed by atoms with Crippen LogP contribution in [0, 0.1) is 11.6 Å². The Hall–Kier alpha value is -1.53. The Kier molecular flexibility index (Phi) is 4.75. The zero-order chi connectivity index (χ0) is 13.8. The quantitative estimate of drug-likeness (QED) is 0.715. The van der Waals surface area contributed by atoms with E-state index >= 15 is 0 Å². The molecule has 6 heteroatoms. The number of carbonyl (C=O) groups excluding carboxylic acids is 1. The van der Waals surface area contributed by atoms with Crippen molar-refractivity contribution in [3.63, 3.8) is 0 Å². The molecule has 0 aliphatic rings. The third-order valence-corrected chi connectivity index (χ3v) is 2.41. The van der Waals surface area contributed by atoms with Crippen LogP contribution < -0.4 is 5.32 Å². The first-order chi connectivity index (χ1) is 8.35. The van der Waals surface area contributed by atoms with Crippen molar-refractivity contribution in [2.45, 2.75) is 18.9 Å². The van der Waals surface area contributed by atoms with Gasteiger partial charge < -0.3 is 15.5 Å². The van der Waals surface area contributed by atoms with E-state index in [1.54, 1.807) is 0 Å². The summed E-state index contributed by atoms with van der Waals surface area (Å²) in [4.78, 5) is 11.4. The molecule has 1 amide bonds. The van der Waals surface area contributed by atoms with Crippen LogP contribution in [0.5, 0.6) is 0 Å². The number of nitrogens with one attached hydrogen (secondary N) is 1. The topological polar surface area (TPSA) is 69.6 Å². The molecule has 1 atom stereocenters. The molecule has 3 N–H and O–H groups in total. The summed E-state index contributed by atoms with van der Waals surface area (Å²) < 4.78 is 26.5. The van der Waals surface area contributed by atoms with Gasteiger partial charge in [-0.05, 0) is 19.1 Å². The van der Waals surface area contributed by atoms with Gasteiger partial charge in [0.25, 0.3) is 0 Å². The number of aliphatic hydroxyl groups is 2. The minimum absolute atomic E-state index is 0.196. The molecule has 1 rings (SSSR count). The number of benzene rings is 1. The third kappa shape index (κ3) is 4.05. The SMILES string of the molecule is CC(O)(CO)CNC(=O)Cc1c(F)cccc1F. The lowest BCUT2D eigenvalue weighted by molar-refractivity contribution is -0.122. The summed E-state index contributed by atoms with van der Waals surface area (Å²) in [5.74, 6) is -2.22. The van der Waals surface area contributed by atoms with Crippen LogP contribution in [0.2, 0.25) is 0 Å². The molecule has 4 nitrogen and oxygen atoms in total. The average molecular weight is 259 g/mol. The minimum atomic E-state index is -1.45. The van der Waals surface area contributed by atoms with Gasteiger partial charge in [-0.2, -0.15) is 0 Å². The van der Waals surface area contributed by atoms with Crippen LogP contribution in [0.15, 0.2) is 18.2 Å². The zero-order valence-corrected chi connectivity index (χ0v) is 9.91. The Bertz CT molecular complexity index is 415. The molecule has 0 bridgehead atoms. The van der Waals surface area contributed by atoms with Crippen LogP contribution in [0.3, 0.4) is 0 Å². The molecular formula is C12H15F2NO3. The fourth-order valence-corrected chi connectivity index (χ4v) is 1.27. The van der Waals surface area contributed by atoms with E-state index in [0.717, 1.165) is 12.1 Å². The number of amides is 1. The van der Waals surface area contributed by atoms with E-state index in [0.29, 0.717) is 0 Å². The van der Waals surface area contributed by atoms with Gasteiger partial charge in [-0.1, -0.05) is 6.07 Å². The van der Waals surface area contributed by atoms with Gasteiger partial charge in [-0.15, -0.1) is 0 Å². The van der Waals surface area contributed by atoms with E-state index in [9.17, 15) is 18.7 Å². The van der Waals surface area contributed by atoms with Crippen molar-refractivity contribution in [3.05, 3.63) is 35.4 Å². The molecule has 1 aromatic carbocycles. The maximum Gasteiger partial charge on any atom is 0.224 e. The molecule has 0 aliphatic heterocycles. The molecule has 0 saturated heterocycles. The Morgan fingerprint density at radius 1 is 1.39 bits per heavy atom. The van der Waals surface area contributed by atoms with E-state index in [1.807, 2.05) is 0 Å². The van der Waals surface area contributed by atoms with Crippen molar-refractivity contribution in [1.82, 2.24) is 5.32 Å². The van der Waals surface area contributed by atoms with Crippen molar-refractivity contribution in [1.29, 1.82) is 0 Å². The third-order valence-electron chi connectivity index (χ3n) is 2.41. The fraction of sp³-hybridized carbons (Fsp3) is 0.417. The number of rotatable bonds is 5. The van der Waals surface area contributed by atoms with Gasteiger partial charge in [0.05, 0.1) is 13.0 Å². The van der Waals surface area contributed by atoms with Gasteiger partial charge >= 0.3 is 0 Å². The summed E-state index contributed by atoms with van der Waals surface area (Å²) in [7, 11) is 0. The summed E-state index contributed by atoms with van der Waals surface area (Å²) >= 11 is 0. The highest BCUT2D eigenvalue weighted by atomic mass is 19.1. The molecule has 0 aliphatic carbocycles. The predicted molar refractivity (Wildman–Crippen MR) is 60.8 cm³/mol. The first kappa shape index (κ1) is 14.5. The molecule has 0 aromatic heterocycles. The van der Waals surface area contributed by atoms with E-state index in [1.165, 1.54) is 13.0 Å². The van der Waals surface area contributed by atoms with Gasteiger partial charge in [0.1, 0.15) is 17.2 Å². The van der Waals surface area contributed by atoms with Crippen molar-refractivity contribution in [3.8, 4) is 0 Å². The van der Waals surface area contributed by atoms with Gasteiger partial charge in [0, 0.05) is 12.1 Å². The van der Waals surface area contributed by atoms with Crippen molar-refractivity contribution in [2.24, 2.45) is 0 Å². The van der Waals surface area contributed by atoms with E-state index in [2.05, 4.69) is 5.32 Å².